The molecule has 2 heterocycles. The molecule has 1 N–H and O–H groups in total. The van der Waals surface area contributed by atoms with Gasteiger partial charge in [-0.1, -0.05) is 46.0 Å². The van der Waals surface area contributed by atoms with Gasteiger partial charge in [0.15, 0.2) is 5.82 Å². The number of rotatable bonds is 3. The van der Waals surface area contributed by atoms with Crippen LogP contribution >= 0.6 is 11.3 Å². The molecule has 0 bridgehead atoms. The minimum atomic E-state index is -0.0315. The number of hydrogen-bond donors (Lipinski definition) is 1. The Morgan fingerprint density at radius 1 is 1.29 bits per heavy atom. The molecular formula is C11H19N5S. The van der Waals surface area contributed by atoms with E-state index in [9.17, 15) is 0 Å². The Kier molecular flexibility index (Phi) is 3.18. The van der Waals surface area contributed by atoms with E-state index in [0.29, 0.717) is 6.04 Å². The van der Waals surface area contributed by atoms with Gasteiger partial charge in [0.05, 0.1) is 0 Å². The van der Waals surface area contributed by atoms with Crippen molar-refractivity contribution in [3.63, 3.8) is 0 Å². The van der Waals surface area contributed by atoms with Gasteiger partial charge < -0.3 is 5.32 Å². The summed E-state index contributed by atoms with van der Waals surface area (Å²) in [5, 5.41) is 17.3. The highest BCUT2D eigenvalue weighted by molar-refractivity contribution is 7.16. The first-order valence-electron chi connectivity index (χ1n) is 5.83. The van der Waals surface area contributed by atoms with Gasteiger partial charge in [0.1, 0.15) is 5.01 Å². The zero-order valence-corrected chi connectivity index (χ0v) is 11.8. The van der Waals surface area contributed by atoms with Crippen LogP contribution in [0.15, 0.2) is 0 Å². The zero-order valence-electron chi connectivity index (χ0n) is 11.0. The van der Waals surface area contributed by atoms with E-state index >= 15 is 0 Å². The van der Waals surface area contributed by atoms with Crippen molar-refractivity contribution >= 4 is 16.3 Å². The summed E-state index contributed by atoms with van der Waals surface area (Å²) in [6.45, 7) is 11.4. The van der Waals surface area contributed by atoms with Crippen LogP contribution < -0.4 is 5.32 Å². The SMILES string of the molecule is CC(C)NCc1nn2c(C(C)(C)C)nnc2s1. The molecule has 2 rings (SSSR count). The summed E-state index contributed by atoms with van der Waals surface area (Å²) in [6.07, 6.45) is 0. The van der Waals surface area contributed by atoms with Crippen LogP contribution in [0.1, 0.15) is 45.5 Å². The lowest BCUT2D eigenvalue weighted by molar-refractivity contribution is 0.523. The van der Waals surface area contributed by atoms with Gasteiger partial charge in [-0.3, -0.25) is 0 Å². The monoisotopic (exact) mass is 253 g/mol. The van der Waals surface area contributed by atoms with E-state index in [0.717, 1.165) is 22.3 Å². The lowest BCUT2D eigenvalue weighted by Crippen LogP contribution is -2.22. The predicted octanol–water partition coefficient (Wildman–Crippen LogP) is 1.98. The standard InChI is InChI=1S/C11H19N5S/c1-7(2)12-6-8-15-16-9(11(3,4)5)13-14-10(16)17-8/h7,12H,6H2,1-5H3. The van der Waals surface area contributed by atoms with Gasteiger partial charge in [0.2, 0.25) is 4.96 Å². The van der Waals surface area contributed by atoms with Gasteiger partial charge in [-0.2, -0.15) is 9.61 Å². The van der Waals surface area contributed by atoms with E-state index in [1.807, 2.05) is 4.52 Å². The van der Waals surface area contributed by atoms with Crippen molar-refractivity contribution in [2.45, 2.75) is 52.6 Å². The third-order valence-electron chi connectivity index (χ3n) is 2.37. The first kappa shape index (κ1) is 12.4. The lowest BCUT2D eigenvalue weighted by Gasteiger charge is -2.13. The molecule has 0 aliphatic heterocycles. The molecule has 6 heteroatoms. The smallest absolute Gasteiger partial charge is 0.234 e. The average molecular weight is 253 g/mol. The number of fused-ring (bicyclic) bond motifs is 1. The van der Waals surface area contributed by atoms with Crippen LogP contribution in [0.3, 0.4) is 0 Å². The van der Waals surface area contributed by atoms with E-state index in [4.69, 9.17) is 0 Å². The number of aromatic nitrogens is 4. The maximum Gasteiger partial charge on any atom is 0.234 e. The highest BCUT2D eigenvalue weighted by atomic mass is 32.1. The van der Waals surface area contributed by atoms with E-state index < -0.39 is 0 Å². The van der Waals surface area contributed by atoms with Crippen LogP contribution in [0.25, 0.3) is 4.96 Å². The van der Waals surface area contributed by atoms with Gasteiger partial charge >= 0.3 is 0 Å². The van der Waals surface area contributed by atoms with Crippen LogP contribution in [0.4, 0.5) is 0 Å². The molecule has 0 aliphatic rings. The lowest BCUT2D eigenvalue weighted by atomic mass is 9.96. The van der Waals surface area contributed by atoms with Crippen molar-refractivity contribution in [1.29, 1.82) is 0 Å². The summed E-state index contributed by atoms with van der Waals surface area (Å²) in [5.74, 6) is 0.916. The molecule has 0 atom stereocenters. The van der Waals surface area contributed by atoms with Crippen molar-refractivity contribution < 1.29 is 0 Å². The maximum absolute atomic E-state index is 4.56. The van der Waals surface area contributed by atoms with Crippen LogP contribution in [-0.4, -0.2) is 25.9 Å². The Bertz CT molecular complexity index is 505. The predicted molar refractivity (Wildman–Crippen MR) is 69.3 cm³/mol. The molecule has 94 valence electrons. The molecule has 0 aromatic carbocycles. The summed E-state index contributed by atoms with van der Waals surface area (Å²) >= 11 is 1.59. The van der Waals surface area contributed by atoms with E-state index in [2.05, 4.69) is 55.2 Å². The highest BCUT2D eigenvalue weighted by Gasteiger charge is 2.23. The fraction of sp³-hybridized carbons (Fsp3) is 0.727. The Balaban J connectivity index is 2.29. The van der Waals surface area contributed by atoms with Crippen molar-refractivity contribution in [1.82, 2.24) is 25.1 Å². The van der Waals surface area contributed by atoms with Crippen molar-refractivity contribution in [2.24, 2.45) is 0 Å². The molecular weight excluding hydrogens is 234 g/mol. The van der Waals surface area contributed by atoms with Gasteiger partial charge in [-0.25, -0.2) is 0 Å². The number of nitrogens with zero attached hydrogens (tertiary/aromatic N) is 4. The van der Waals surface area contributed by atoms with Crippen LogP contribution in [0.5, 0.6) is 0 Å². The first-order chi connectivity index (χ1) is 7.88. The molecule has 5 nitrogen and oxygen atoms in total. The van der Waals surface area contributed by atoms with E-state index in [1.54, 1.807) is 11.3 Å². The fourth-order valence-electron chi connectivity index (χ4n) is 1.49. The molecule has 0 amide bonds. The Hall–Kier alpha value is -1.01. The van der Waals surface area contributed by atoms with Gasteiger partial charge in [-0.15, -0.1) is 10.2 Å². The van der Waals surface area contributed by atoms with E-state index in [1.165, 1.54) is 0 Å². The second kappa shape index (κ2) is 4.34. The fourth-order valence-corrected chi connectivity index (χ4v) is 2.27. The quantitative estimate of drug-likeness (QED) is 0.908. The third kappa shape index (κ3) is 2.63. The average Bonchev–Trinajstić information content (AvgIpc) is 2.70. The normalized spacial score (nSPS) is 12.8. The molecule has 0 radical (unpaired) electrons. The molecule has 0 fully saturated rings. The second-order valence-electron chi connectivity index (χ2n) is 5.50. The van der Waals surface area contributed by atoms with Gasteiger partial charge in [-0.05, 0) is 0 Å². The van der Waals surface area contributed by atoms with Crippen molar-refractivity contribution in [2.75, 3.05) is 0 Å². The molecule has 0 unspecified atom stereocenters. The van der Waals surface area contributed by atoms with Crippen molar-refractivity contribution in [3.8, 4) is 0 Å². The summed E-state index contributed by atoms with van der Waals surface area (Å²) in [4.78, 5) is 0.871. The highest BCUT2D eigenvalue weighted by Crippen LogP contribution is 2.23. The molecule has 0 spiro atoms. The number of hydrogen-bond acceptors (Lipinski definition) is 5. The summed E-state index contributed by atoms with van der Waals surface area (Å²) in [6, 6.07) is 0.464. The minimum absolute atomic E-state index is 0.0315. The molecule has 2 aromatic rings. The van der Waals surface area contributed by atoms with Gasteiger partial charge in [0.25, 0.3) is 0 Å². The molecule has 17 heavy (non-hydrogen) atoms. The van der Waals surface area contributed by atoms with Crippen molar-refractivity contribution in [3.05, 3.63) is 10.8 Å². The Labute approximate surface area is 105 Å². The van der Waals surface area contributed by atoms with Crippen LogP contribution in [-0.2, 0) is 12.0 Å². The van der Waals surface area contributed by atoms with Crippen LogP contribution in [0.2, 0.25) is 0 Å². The first-order valence-corrected chi connectivity index (χ1v) is 6.64. The largest absolute Gasteiger partial charge is 0.308 e. The number of nitrogens with one attached hydrogen (secondary N) is 1. The second-order valence-corrected chi connectivity index (χ2v) is 6.54. The molecule has 0 saturated carbocycles. The molecule has 2 aromatic heterocycles. The zero-order chi connectivity index (χ0) is 12.6. The minimum Gasteiger partial charge on any atom is -0.308 e. The topological polar surface area (TPSA) is 55.1 Å². The summed E-state index contributed by atoms with van der Waals surface area (Å²) < 4.78 is 1.86. The molecule has 0 aliphatic carbocycles. The summed E-state index contributed by atoms with van der Waals surface area (Å²) in [5.41, 5.74) is -0.0315. The Morgan fingerprint density at radius 2 is 2.00 bits per heavy atom. The van der Waals surface area contributed by atoms with E-state index in [-0.39, 0.29) is 5.41 Å². The van der Waals surface area contributed by atoms with Crippen LogP contribution in [0, 0.1) is 0 Å². The molecule has 0 saturated heterocycles. The van der Waals surface area contributed by atoms with Gasteiger partial charge in [0, 0.05) is 18.0 Å². The Morgan fingerprint density at radius 3 is 2.59 bits per heavy atom. The summed E-state index contributed by atoms with van der Waals surface area (Å²) in [7, 11) is 0. The maximum atomic E-state index is 4.56. The third-order valence-corrected chi connectivity index (χ3v) is 3.26.